The highest BCUT2D eigenvalue weighted by molar-refractivity contribution is 14.1. The minimum absolute atomic E-state index is 0.0632. The van der Waals surface area contributed by atoms with Crippen LogP contribution in [0.5, 0.6) is 0 Å². The summed E-state index contributed by atoms with van der Waals surface area (Å²) >= 11 is 2.25. The van der Waals surface area contributed by atoms with Crippen molar-refractivity contribution < 1.29 is 8.42 Å². The number of nitrogens with one attached hydrogen (secondary N) is 1. The van der Waals surface area contributed by atoms with Crippen molar-refractivity contribution in [3.8, 4) is 11.3 Å². The summed E-state index contributed by atoms with van der Waals surface area (Å²) in [5.41, 5.74) is 7.87. The van der Waals surface area contributed by atoms with Gasteiger partial charge in [-0.1, -0.05) is 12.1 Å². The molecule has 20 heavy (non-hydrogen) atoms. The van der Waals surface area contributed by atoms with Gasteiger partial charge < -0.3 is 10.7 Å². The van der Waals surface area contributed by atoms with Crippen molar-refractivity contribution in [2.75, 3.05) is 12.0 Å². The third kappa shape index (κ3) is 4.29. The Bertz CT molecular complexity index is 680. The number of aromatic nitrogens is 2. The van der Waals surface area contributed by atoms with Gasteiger partial charge in [0.1, 0.15) is 15.7 Å². The molecule has 1 heterocycles. The Balaban J connectivity index is 2.10. The van der Waals surface area contributed by atoms with E-state index in [2.05, 4.69) is 32.6 Å². The van der Waals surface area contributed by atoms with Crippen molar-refractivity contribution in [2.45, 2.75) is 12.5 Å². The number of nitrogens with two attached hydrogens (primary N) is 1. The molecule has 2 rings (SSSR count). The van der Waals surface area contributed by atoms with Crippen molar-refractivity contribution in [1.29, 1.82) is 0 Å². The predicted molar refractivity (Wildman–Crippen MR) is 88.0 cm³/mol. The van der Waals surface area contributed by atoms with Gasteiger partial charge in [0, 0.05) is 9.83 Å². The molecule has 0 fully saturated rings. The molecular formula is C13H16IN3O2S. The van der Waals surface area contributed by atoms with E-state index in [1.165, 1.54) is 6.26 Å². The van der Waals surface area contributed by atoms with Gasteiger partial charge >= 0.3 is 0 Å². The van der Waals surface area contributed by atoms with E-state index in [1.807, 2.05) is 24.3 Å². The molecule has 108 valence electrons. The fourth-order valence-corrected chi connectivity index (χ4v) is 2.82. The van der Waals surface area contributed by atoms with E-state index in [9.17, 15) is 8.42 Å². The molecule has 0 saturated carbocycles. The Morgan fingerprint density at radius 1 is 1.35 bits per heavy atom. The number of nitrogens with zero attached hydrogens (tertiary/aromatic N) is 1. The Kier molecular flexibility index (Phi) is 4.82. The molecule has 1 aromatic carbocycles. The molecule has 3 N–H and O–H groups in total. The molecule has 0 spiro atoms. The van der Waals surface area contributed by atoms with Gasteiger partial charge in [-0.3, -0.25) is 0 Å². The first-order valence-electron chi connectivity index (χ1n) is 6.09. The van der Waals surface area contributed by atoms with E-state index in [0.717, 1.165) is 14.8 Å². The van der Waals surface area contributed by atoms with Crippen LogP contribution in [0, 0.1) is 3.57 Å². The molecule has 2 aromatic rings. The summed E-state index contributed by atoms with van der Waals surface area (Å²) in [5.74, 6) is 0.676. The van der Waals surface area contributed by atoms with Gasteiger partial charge in [0.25, 0.3) is 0 Å². The van der Waals surface area contributed by atoms with Crippen LogP contribution in [0.1, 0.15) is 18.3 Å². The summed E-state index contributed by atoms with van der Waals surface area (Å²) < 4.78 is 23.4. The van der Waals surface area contributed by atoms with E-state index < -0.39 is 15.9 Å². The molecule has 0 saturated heterocycles. The van der Waals surface area contributed by atoms with Crippen LogP contribution in [0.25, 0.3) is 11.3 Å². The maximum absolute atomic E-state index is 11.1. The Labute approximate surface area is 132 Å². The summed E-state index contributed by atoms with van der Waals surface area (Å²) in [7, 11) is -3.00. The molecule has 1 unspecified atom stereocenters. The van der Waals surface area contributed by atoms with Gasteiger partial charge in [0.2, 0.25) is 0 Å². The smallest absolute Gasteiger partial charge is 0.147 e. The standard InChI is InChI=1S/C13H16IN3O2S/c1-20(18,19)7-6-11(15)13-16-8-12(17-13)9-2-4-10(14)5-3-9/h2-5,8,11H,6-7,15H2,1H3,(H,16,17). The van der Waals surface area contributed by atoms with Gasteiger partial charge in [0.05, 0.1) is 23.7 Å². The molecule has 0 amide bonds. The highest BCUT2D eigenvalue weighted by atomic mass is 127. The lowest BCUT2D eigenvalue weighted by atomic mass is 10.2. The first kappa shape index (κ1) is 15.5. The fourth-order valence-electron chi connectivity index (χ4n) is 1.78. The Morgan fingerprint density at radius 2 is 2.00 bits per heavy atom. The lowest BCUT2D eigenvalue weighted by Crippen LogP contribution is -2.16. The van der Waals surface area contributed by atoms with E-state index in [4.69, 9.17) is 5.73 Å². The van der Waals surface area contributed by atoms with Crippen LogP contribution in [-0.2, 0) is 9.84 Å². The number of aromatic amines is 1. The molecule has 1 aromatic heterocycles. The van der Waals surface area contributed by atoms with Crippen molar-refractivity contribution >= 4 is 32.4 Å². The van der Waals surface area contributed by atoms with Crippen LogP contribution in [-0.4, -0.2) is 30.4 Å². The minimum atomic E-state index is -3.00. The second-order valence-corrected chi connectivity index (χ2v) is 8.22. The number of hydrogen-bond acceptors (Lipinski definition) is 4. The van der Waals surface area contributed by atoms with Crippen LogP contribution >= 0.6 is 22.6 Å². The maximum atomic E-state index is 11.1. The molecule has 0 aliphatic heterocycles. The van der Waals surface area contributed by atoms with Gasteiger partial charge in [0.15, 0.2) is 0 Å². The third-order valence-corrected chi connectivity index (χ3v) is 4.60. The van der Waals surface area contributed by atoms with E-state index in [-0.39, 0.29) is 5.75 Å². The number of sulfone groups is 1. The number of hydrogen-bond donors (Lipinski definition) is 2. The highest BCUT2D eigenvalue weighted by Crippen LogP contribution is 2.20. The van der Waals surface area contributed by atoms with Gasteiger partial charge in [-0.25, -0.2) is 13.4 Å². The number of halogens is 1. The van der Waals surface area contributed by atoms with Crippen LogP contribution in [0.3, 0.4) is 0 Å². The molecule has 7 heteroatoms. The second-order valence-electron chi connectivity index (χ2n) is 4.71. The molecule has 5 nitrogen and oxygen atoms in total. The molecule has 0 bridgehead atoms. The van der Waals surface area contributed by atoms with Crippen LogP contribution in [0.4, 0.5) is 0 Å². The summed E-state index contributed by atoms with van der Waals surface area (Å²) in [5, 5.41) is 0. The van der Waals surface area contributed by atoms with Crippen LogP contribution in [0.2, 0.25) is 0 Å². The van der Waals surface area contributed by atoms with Crippen LogP contribution in [0.15, 0.2) is 30.5 Å². The molecule has 0 aliphatic rings. The van der Waals surface area contributed by atoms with Gasteiger partial charge in [-0.2, -0.15) is 0 Å². The first-order valence-corrected chi connectivity index (χ1v) is 9.23. The molecule has 0 aliphatic carbocycles. The number of imidazole rings is 1. The zero-order valence-corrected chi connectivity index (χ0v) is 14.0. The highest BCUT2D eigenvalue weighted by Gasteiger charge is 2.13. The zero-order valence-electron chi connectivity index (χ0n) is 11.0. The minimum Gasteiger partial charge on any atom is -0.341 e. The summed E-state index contributed by atoms with van der Waals surface area (Å²) in [6, 6.07) is 7.63. The normalized spacial score (nSPS) is 13.3. The van der Waals surface area contributed by atoms with E-state index >= 15 is 0 Å². The summed E-state index contributed by atoms with van der Waals surface area (Å²) in [4.78, 5) is 7.39. The lowest BCUT2D eigenvalue weighted by Gasteiger charge is -2.07. The summed E-state index contributed by atoms with van der Waals surface area (Å²) in [6.45, 7) is 0. The first-order chi connectivity index (χ1) is 9.35. The average Bonchev–Trinajstić information content (AvgIpc) is 2.85. The average molecular weight is 405 g/mol. The monoisotopic (exact) mass is 405 g/mol. The quantitative estimate of drug-likeness (QED) is 0.746. The van der Waals surface area contributed by atoms with E-state index in [1.54, 1.807) is 6.20 Å². The number of rotatable bonds is 5. The van der Waals surface area contributed by atoms with Crippen LogP contribution < -0.4 is 5.73 Å². The van der Waals surface area contributed by atoms with Crippen molar-refractivity contribution in [3.63, 3.8) is 0 Å². The largest absolute Gasteiger partial charge is 0.341 e. The molecule has 1 atom stereocenters. The number of benzene rings is 1. The van der Waals surface area contributed by atoms with Crippen molar-refractivity contribution in [2.24, 2.45) is 5.73 Å². The number of H-pyrrole nitrogens is 1. The molecule has 0 radical (unpaired) electrons. The zero-order chi connectivity index (χ0) is 14.8. The Morgan fingerprint density at radius 3 is 2.60 bits per heavy atom. The lowest BCUT2D eigenvalue weighted by molar-refractivity contribution is 0.588. The third-order valence-electron chi connectivity index (χ3n) is 2.90. The van der Waals surface area contributed by atoms with Gasteiger partial charge in [-0.05, 0) is 46.7 Å². The van der Waals surface area contributed by atoms with Crippen molar-refractivity contribution in [3.05, 3.63) is 39.9 Å². The topological polar surface area (TPSA) is 88.8 Å². The predicted octanol–water partition coefficient (Wildman–Crippen LogP) is 2.12. The SMILES string of the molecule is CS(=O)(=O)CCC(N)c1ncc(-c2ccc(I)cc2)[nH]1. The summed E-state index contributed by atoms with van der Waals surface area (Å²) in [6.07, 6.45) is 3.29. The van der Waals surface area contributed by atoms with Crippen molar-refractivity contribution in [1.82, 2.24) is 9.97 Å². The fraction of sp³-hybridized carbons (Fsp3) is 0.308. The molecular weight excluding hydrogens is 389 g/mol. The Hall–Kier alpha value is -0.930. The van der Waals surface area contributed by atoms with Gasteiger partial charge in [-0.15, -0.1) is 0 Å². The maximum Gasteiger partial charge on any atom is 0.147 e. The second kappa shape index (κ2) is 6.23. The van der Waals surface area contributed by atoms with E-state index in [0.29, 0.717) is 12.2 Å².